The summed E-state index contributed by atoms with van der Waals surface area (Å²) in [7, 11) is 2.20. The van der Waals surface area contributed by atoms with Crippen LogP contribution in [0.1, 0.15) is 57.6 Å². The van der Waals surface area contributed by atoms with Crippen LogP contribution in [0.15, 0.2) is 24.3 Å². The van der Waals surface area contributed by atoms with Crippen molar-refractivity contribution in [3.63, 3.8) is 0 Å². The average molecular weight is 343 g/mol. The van der Waals surface area contributed by atoms with Crippen LogP contribution in [0, 0.1) is 5.41 Å². The summed E-state index contributed by atoms with van der Waals surface area (Å²) < 4.78 is 0. The maximum Gasteiger partial charge on any atom is 0.222 e. The normalized spacial score (nSPS) is 21.0. The van der Waals surface area contributed by atoms with Crippen molar-refractivity contribution in [3.05, 3.63) is 35.4 Å². The molecule has 1 aromatic rings. The molecule has 2 aliphatic heterocycles. The third kappa shape index (κ3) is 4.44. The van der Waals surface area contributed by atoms with Crippen LogP contribution in [0.25, 0.3) is 0 Å². The summed E-state index contributed by atoms with van der Waals surface area (Å²) in [6.07, 6.45) is 5.20. The van der Waals surface area contributed by atoms with Crippen molar-refractivity contribution in [2.75, 3.05) is 33.2 Å². The second-order valence-corrected chi connectivity index (χ2v) is 9.32. The third-order valence-corrected chi connectivity index (χ3v) is 6.29. The molecule has 0 atom stereocenters. The second kappa shape index (κ2) is 7.11. The highest BCUT2D eigenvalue weighted by molar-refractivity contribution is 5.76. The van der Waals surface area contributed by atoms with E-state index in [-0.39, 0.29) is 5.41 Å². The van der Waals surface area contributed by atoms with Crippen molar-refractivity contribution in [2.24, 2.45) is 5.41 Å². The summed E-state index contributed by atoms with van der Waals surface area (Å²) in [6.45, 7) is 11.0. The fraction of sp³-hybridized carbons (Fsp3) is 0.682. The van der Waals surface area contributed by atoms with Gasteiger partial charge in [-0.2, -0.15) is 0 Å². The van der Waals surface area contributed by atoms with Gasteiger partial charge in [0.1, 0.15) is 0 Å². The Hall–Kier alpha value is -1.35. The van der Waals surface area contributed by atoms with E-state index in [0.717, 1.165) is 19.5 Å². The molecule has 1 aromatic carbocycles. The largest absolute Gasteiger partial charge is 0.342 e. The van der Waals surface area contributed by atoms with Gasteiger partial charge in [-0.3, -0.25) is 4.79 Å². The van der Waals surface area contributed by atoms with Gasteiger partial charge in [0.05, 0.1) is 0 Å². The number of hydrogen-bond acceptors (Lipinski definition) is 2. The minimum absolute atomic E-state index is 0.187. The van der Waals surface area contributed by atoms with Gasteiger partial charge < -0.3 is 9.80 Å². The summed E-state index contributed by atoms with van der Waals surface area (Å²) in [5.74, 6) is 0.343. The quantitative estimate of drug-likeness (QED) is 0.833. The molecule has 2 heterocycles. The Morgan fingerprint density at radius 1 is 1.04 bits per heavy atom. The van der Waals surface area contributed by atoms with Crippen LogP contribution in [0.5, 0.6) is 0 Å². The molecule has 1 spiro atoms. The van der Waals surface area contributed by atoms with Gasteiger partial charge >= 0.3 is 0 Å². The number of carbonyl (C=O) groups excluding carboxylic acids is 1. The maximum absolute atomic E-state index is 12.7. The summed E-state index contributed by atoms with van der Waals surface area (Å²) in [6, 6.07) is 8.80. The van der Waals surface area contributed by atoms with Crippen molar-refractivity contribution in [1.29, 1.82) is 0 Å². The number of carbonyl (C=O) groups is 1. The highest BCUT2D eigenvalue weighted by Gasteiger charge is 2.41. The predicted molar refractivity (Wildman–Crippen MR) is 104 cm³/mol. The predicted octanol–water partition coefficient (Wildman–Crippen LogP) is 3.86. The fourth-order valence-electron chi connectivity index (χ4n) is 4.23. The van der Waals surface area contributed by atoms with Crippen LogP contribution in [0.3, 0.4) is 0 Å². The summed E-state index contributed by atoms with van der Waals surface area (Å²) in [5, 5.41) is 0. The number of nitrogens with zero attached hydrogens (tertiary/aromatic N) is 2. The zero-order chi connectivity index (χ0) is 18.1. The molecule has 1 amide bonds. The number of benzene rings is 1. The molecule has 0 bridgehead atoms. The lowest BCUT2D eigenvalue weighted by molar-refractivity contribution is -0.130. The Labute approximate surface area is 153 Å². The SMILES string of the molecule is CN1CCC2(CC1)CCN(C(=O)CCc1ccc(C(C)(C)C)cc1)C2. The van der Waals surface area contributed by atoms with Crippen molar-refractivity contribution >= 4 is 5.91 Å². The van der Waals surface area contributed by atoms with E-state index in [1.807, 2.05) is 0 Å². The molecule has 3 nitrogen and oxygen atoms in total. The molecule has 0 aromatic heterocycles. The van der Waals surface area contributed by atoms with Crippen molar-refractivity contribution in [3.8, 4) is 0 Å². The van der Waals surface area contributed by atoms with Crippen LogP contribution in [0.4, 0.5) is 0 Å². The Kier molecular flexibility index (Phi) is 5.24. The summed E-state index contributed by atoms with van der Waals surface area (Å²) in [4.78, 5) is 17.2. The number of rotatable bonds is 3. The molecule has 2 saturated heterocycles. The molecule has 2 fully saturated rings. The van der Waals surface area contributed by atoms with Gasteiger partial charge in [-0.15, -0.1) is 0 Å². The molecular weight excluding hydrogens is 308 g/mol. The summed E-state index contributed by atoms with van der Waals surface area (Å²) >= 11 is 0. The number of piperidine rings is 1. The third-order valence-electron chi connectivity index (χ3n) is 6.29. The van der Waals surface area contributed by atoms with E-state index in [2.05, 4.69) is 61.9 Å². The van der Waals surface area contributed by atoms with Crippen LogP contribution in [0.2, 0.25) is 0 Å². The number of amides is 1. The standard InChI is InChI=1S/C22H34N2O/c1-21(2,3)19-8-5-18(6-9-19)7-10-20(25)24-16-13-22(17-24)11-14-23(4)15-12-22/h5-6,8-9H,7,10-17H2,1-4H3. The molecule has 0 N–H and O–H groups in total. The first kappa shape index (κ1) is 18.4. The molecule has 0 radical (unpaired) electrons. The van der Waals surface area contributed by atoms with Gasteiger partial charge in [-0.1, -0.05) is 45.0 Å². The van der Waals surface area contributed by atoms with E-state index in [0.29, 0.717) is 17.7 Å². The Morgan fingerprint density at radius 2 is 1.64 bits per heavy atom. The highest BCUT2D eigenvalue weighted by Crippen LogP contribution is 2.40. The van der Waals surface area contributed by atoms with Gasteiger partial charge in [-0.05, 0) is 67.8 Å². The van der Waals surface area contributed by atoms with Gasteiger partial charge in [0, 0.05) is 19.5 Å². The van der Waals surface area contributed by atoms with E-state index in [1.165, 1.54) is 43.5 Å². The minimum atomic E-state index is 0.187. The zero-order valence-corrected chi connectivity index (χ0v) is 16.5. The van der Waals surface area contributed by atoms with Gasteiger partial charge in [0.25, 0.3) is 0 Å². The van der Waals surface area contributed by atoms with E-state index in [9.17, 15) is 4.79 Å². The number of hydrogen-bond donors (Lipinski definition) is 0. The van der Waals surface area contributed by atoms with Crippen LogP contribution < -0.4 is 0 Å². The highest BCUT2D eigenvalue weighted by atomic mass is 16.2. The van der Waals surface area contributed by atoms with Crippen molar-refractivity contribution in [2.45, 2.75) is 58.3 Å². The Bertz CT molecular complexity index is 591. The number of likely N-dealkylation sites (tertiary alicyclic amines) is 2. The van der Waals surface area contributed by atoms with Gasteiger partial charge in [0.15, 0.2) is 0 Å². The summed E-state index contributed by atoms with van der Waals surface area (Å²) in [5.41, 5.74) is 3.23. The van der Waals surface area contributed by atoms with E-state index in [1.54, 1.807) is 0 Å². The lowest BCUT2D eigenvalue weighted by atomic mass is 9.78. The van der Waals surface area contributed by atoms with Crippen LogP contribution in [-0.4, -0.2) is 48.9 Å². The molecular formula is C22H34N2O. The van der Waals surface area contributed by atoms with E-state index in [4.69, 9.17) is 0 Å². The molecule has 2 aliphatic rings. The Balaban J connectivity index is 1.50. The first-order valence-corrected chi connectivity index (χ1v) is 9.83. The first-order valence-electron chi connectivity index (χ1n) is 9.83. The van der Waals surface area contributed by atoms with Gasteiger partial charge in [-0.25, -0.2) is 0 Å². The van der Waals surface area contributed by atoms with Crippen molar-refractivity contribution in [1.82, 2.24) is 9.80 Å². The molecule has 0 unspecified atom stereocenters. The number of aryl methyl sites for hydroxylation is 1. The molecule has 25 heavy (non-hydrogen) atoms. The first-order chi connectivity index (χ1) is 11.8. The van der Waals surface area contributed by atoms with Crippen LogP contribution in [-0.2, 0) is 16.6 Å². The lowest BCUT2D eigenvalue weighted by Gasteiger charge is -2.37. The Morgan fingerprint density at radius 3 is 2.24 bits per heavy atom. The topological polar surface area (TPSA) is 23.6 Å². The average Bonchev–Trinajstić information content (AvgIpc) is 2.99. The van der Waals surface area contributed by atoms with E-state index >= 15 is 0 Å². The lowest BCUT2D eigenvalue weighted by Crippen LogP contribution is -2.40. The van der Waals surface area contributed by atoms with Crippen LogP contribution >= 0.6 is 0 Å². The molecule has 3 heteroatoms. The molecule has 0 aliphatic carbocycles. The minimum Gasteiger partial charge on any atom is -0.342 e. The molecule has 0 saturated carbocycles. The van der Waals surface area contributed by atoms with E-state index < -0.39 is 0 Å². The van der Waals surface area contributed by atoms with Gasteiger partial charge in [0.2, 0.25) is 5.91 Å². The molecule has 138 valence electrons. The molecule has 3 rings (SSSR count). The smallest absolute Gasteiger partial charge is 0.222 e. The zero-order valence-electron chi connectivity index (χ0n) is 16.5. The fourth-order valence-corrected chi connectivity index (χ4v) is 4.23. The second-order valence-electron chi connectivity index (χ2n) is 9.32. The van der Waals surface area contributed by atoms with Crippen molar-refractivity contribution < 1.29 is 4.79 Å². The maximum atomic E-state index is 12.7. The monoisotopic (exact) mass is 342 g/mol.